The molecule has 0 saturated carbocycles. The van der Waals surface area contributed by atoms with Crippen molar-refractivity contribution >= 4 is 23.4 Å². The van der Waals surface area contributed by atoms with Gasteiger partial charge in [0.1, 0.15) is 6.61 Å². The number of hydrogen-bond acceptors (Lipinski definition) is 7. The largest absolute Gasteiger partial charge is 0.460 e. The van der Waals surface area contributed by atoms with Crippen LogP contribution in [0.2, 0.25) is 0 Å². The number of rotatable bonds is 9. The number of amides is 1. The highest BCUT2D eigenvalue weighted by Crippen LogP contribution is 2.21. The molecule has 8 nitrogen and oxygen atoms in total. The standard InChI is InChI=1S/C17H26O2.C12H24N2O2.C10H21NO.C2H6.3CH4/c1-16(2,3)11-13-7-9-14(10-8-13)12-19-15(18)17(4,5)6;1-11(2,3)9(15)7-13-10(16)8-14-12(4,5)6;1-9(2,3)8(12)7-11-10(4,5)6;1-2;;;/h7-10H,11-12H2,1-6H3;14H,7-8H2,1-6H3,(H,13,16);11H,7H2,1-6H3;1-2H3;3*1H4. The van der Waals surface area contributed by atoms with E-state index < -0.39 is 10.8 Å². The molecule has 0 aliphatic heterocycles. The van der Waals surface area contributed by atoms with Crippen LogP contribution in [0.3, 0.4) is 0 Å². The number of benzene rings is 1. The number of ketones is 2. The van der Waals surface area contributed by atoms with E-state index in [9.17, 15) is 19.2 Å². The monoisotopic (exact) mass is 740 g/mol. The van der Waals surface area contributed by atoms with E-state index in [0.29, 0.717) is 18.6 Å². The maximum absolute atomic E-state index is 11.7. The fourth-order valence-electron chi connectivity index (χ4n) is 3.19. The number of esters is 1. The van der Waals surface area contributed by atoms with Crippen LogP contribution in [0.15, 0.2) is 24.3 Å². The van der Waals surface area contributed by atoms with Crippen LogP contribution >= 0.6 is 0 Å². The van der Waals surface area contributed by atoms with Gasteiger partial charge in [-0.3, -0.25) is 19.2 Å². The molecule has 310 valence electrons. The van der Waals surface area contributed by atoms with E-state index in [2.05, 4.69) is 69.6 Å². The van der Waals surface area contributed by atoms with Crippen molar-refractivity contribution in [1.82, 2.24) is 16.0 Å². The van der Waals surface area contributed by atoms with Crippen molar-refractivity contribution in [1.29, 1.82) is 0 Å². The summed E-state index contributed by atoms with van der Waals surface area (Å²) >= 11 is 0. The first-order chi connectivity index (χ1) is 21.7. The van der Waals surface area contributed by atoms with E-state index in [1.807, 2.05) is 109 Å². The van der Waals surface area contributed by atoms with Gasteiger partial charge in [-0.25, -0.2) is 0 Å². The van der Waals surface area contributed by atoms with Crippen LogP contribution in [0.25, 0.3) is 0 Å². The molecule has 0 bridgehead atoms. The number of nitrogens with one attached hydrogen (secondary N) is 3. The number of Topliss-reactive ketones (excluding diaryl/α,β-unsaturated/α-hetero) is 2. The normalized spacial score (nSPS) is 11.5. The maximum Gasteiger partial charge on any atom is 0.311 e. The summed E-state index contributed by atoms with van der Waals surface area (Å²) in [6.45, 7) is 40.9. The van der Waals surface area contributed by atoms with Gasteiger partial charge in [-0.1, -0.05) is 123 Å². The van der Waals surface area contributed by atoms with Gasteiger partial charge in [-0.15, -0.1) is 0 Å². The molecule has 0 saturated heterocycles. The third kappa shape index (κ3) is 37.2. The minimum absolute atomic E-state index is 0. The SMILES string of the molecule is C.C.C.CC.CC(C)(C)Cc1ccc(COC(=O)C(C)(C)C)cc1.CC(C)(C)NCC(=O)C(C)(C)C.CC(C)(C)NCC(=O)NCC(=O)C(C)(C)C. The molecular weight excluding hydrogens is 651 g/mol. The molecular formula is C44H89N3O5. The van der Waals surface area contributed by atoms with Crippen LogP contribution in [0.4, 0.5) is 0 Å². The summed E-state index contributed by atoms with van der Waals surface area (Å²) in [4.78, 5) is 46.0. The van der Waals surface area contributed by atoms with E-state index in [1.165, 1.54) is 5.56 Å². The average Bonchev–Trinajstić information content (AvgIpc) is 2.91. The summed E-state index contributed by atoms with van der Waals surface area (Å²) < 4.78 is 5.29. The van der Waals surface area contributed by atoms with Crippen molar-refractivity contribution in [3.8, 4) is 0 Å². The quantitative estimate of drug-likeness (QED) is 0.216. The summed E-state index contributed by atoms with van der Waals surface area (Å²) in [5.74, 6) is -0.00664. The molecule has 1 rings (SSSR count). The first-order valence-electron chi connectivity index (χ1n) is 17.8. The molecule has 3 N–H and O–H groups in total. The minimum Gasteiger partial charge on any atom is -0.460 e. The Morgan fingerprint density at radius 2 is 0.865 bits per heavy atom. The summed E-state index contributed by atoms with van der Waals surface area (Å²) in [7, 11) is 0. The second-order valence-electron chi connectivity index (χ2n) is 18.7. The Morgan fingerprint density at radius 3 is 1.19 bits per heavy atom. The lowest BCUT2D eigenvalue weighted by atomic mass is 9.88. The molecule has 0 aliphatic rings. The molecule has 52 heavy (non-hydrogen) atoms. The summed E-state index contributed by atoms with van der Waals surface area (Å²) in [5, 5.41) is 8.85. The van der Waals surface area contributed by atoms with Gasteiger partial charge in [0.05, 0.1) is 25.0 Å². The summed E-state index contributed by atoms with van der Waals surface area (Å²) in [6.07, 6.45) is 1.05. The first kappa shape index (κ1) is 61.5. The number of carbonyl (C=O) groups is 4. The van der Waals surface area contributed by atoms with Gasteiger partial charge in [-0.05, 0) is 85.3 Å². The topological polar surface area (TPSA) is 114 Å². The first-order valence-corrected chi connectivity index (χ1v) is 17.8. The lowest BCUT2D eigenvalue weighted by molar-refractivity contribution is -0.154. The van der Waals surface area contributed by atoms with Crippen LogP contribution < -0.4 is 16.0 Å². The van der Waals surface area contributed by atoms with Crippen molar-refractivity contribution in [2.24, 2.45) is 21.7 Å². The molecule has 0 fully saturated rings. The molecule has 8 heteroatoms. The van der Waals surface area contributed by atoms with E-state index in [1.54, 1.807) is 0 Å². The Morgan fingerprint density at radius 1 is 0.519 bits per heavy atom. The predicted octanol–water partition coefficient (Wildman–Crippen LogP) is 10.4. The lowest BCUT2D eigenvalue weighted by Gasteiger charge is -2.23. The molecule has 1 aromatic carbocycles. The van der Waals surface area contributed by atoms with Crippen molar-refractivity contribution in [2.45, 2.75) is 185 Å². The molecule has 0 aliphatic carbocycles. The predicted molar refractivity (Wildman–Crippen MR) is 228 cm³/mol. The minimum atomic E-state index is -0.438. The summed E-state index contributed by atoms with van der Waals surface area (Å²) in [5.41, 5.74) is 1.52. The smallest absolute Gasteiger partial charge is 0.311 e. The Hall–Kier alpha value is -2.58. The molecule has 0 atom stereocenters. The van der Waals surface area contributed by atoms with Gasteiger partial charge in [-0.2, -0.15) is 0 Å². The van der Waals surface area contributed by atoms with Crippen molar-refractivity contribution < 1.29 is 23.9 Å². The van der Waals surface area contributed by atoms with Crippen LogP contribution in [-0.4, -0.2) is 54.2 Å². The van der Waals surface area contributed by atoms with Crippen LogP contribution in [0.1, 0.15) is 172 Å². The van der Waals surface area contributed by atoms with Crippen molar-refractivity contribution in [3.63, 3.8) is 0 Å². The molecule has 1 aromatic rings. The van der Waals surface area contributed by atoms with Gasteiger partial charge in [0.15, 0.2) is 11.6 Å². The van der Waals surface area contributed by atoms with Gasteiger partial charge >= 0.3 is 5.97 Å². The third-order valence-electron chi connectivity index (χ3n) is 6.42. The fourth-order valence-corrected chi connectivity index (χ4v) is 3.19. The fraction of sp³-hybridized carbons (Fsp3) is 0.773. The number of carbonyl (C=O) groups excluding carboxylic acids is 4. The van der Waals surface area contributed by atoms with Crippen LogP contribution in [-0.2, 0) is 36.9 Å². The van der Waals surface area contributed by atoms with E-state index in [-0.39, 0.29) is 75.3 Å². The molecule has 0 heterocycles. The van der Waals surface area contributed by atoms with Crippen molar-refractivity contribution in [2.75, 3.05) is 19.6 Å². The van der Waals surface area contributed by atoms with Gasteiger partial charge in [0.25, 0.3) is 0 Å². The zero-order chi connectivity index (χ0) is 39.7. The van der Waals surface area contributed by atoms with E-state index in [0.717, 1.165) is 12.0 Å². The third-order valence-corrected chi connectivity index (χ3v) is 6.42. The second-order valence-corrected chi connectivity index (χ2v) is 18.7. The zero-order valence-corrected chi connectivity index (χ0v) is 35.4. The zero-order valence-electron chi connectivity index (χ0n) is 35.4. The van der Waals surface area contributed by atoms with Crippen LogP contribution in [0, 0.1) is 21.7 Å². The highest BCUT2D eigenvalue weighted by atomic mass is 16.5. The van der Waals surface area contributed by atoms with Gasteiger partial charge in [0.2, 0.25) is 5.91 Å². The Bertz CT molecular complexity index is 1110. The van der Waals surface area contributed by atoms with Gasteiger partial charge < -0.3 is 20.7 Å². The summed E-state index contributed by atoms with van der Waals surface area (Å²) in [6, 6.07) is 8.31. The van der Waals surface area contributed by atoms with Crippen LogP contribution in [0.5, 0.6) is 0 Å². The molecule has 0 unspecified atom stereocenters. The average molecular weight is 740 g/mol. The molecule has 0 aromatic heterocycles. The Labute approximate surface area is 324 Å². The van der Waals surface area contributed by atoms with Gasteiger partial charge in [0, 0.05) is 21.9 Å². The van der Waals surface area contributed by atoms with E-state index in [4.69, 9.17) is 4.74 Å². The maximum atomic E-state index is 11.7. The highest BCUT2D eigenvalue weighted by molar-refractivity contribution is 5.89. The highest BCUT2D eigenvalue weighted by Gasteiger charge is 2.24. The van der Waals surface area contributed by atoms with Crippen molar-refractivity contribution in [3.05, 3.63) is 35.4 Å². The molecule has 1 amide bonds. The molecule has 0 spiro atoms. The Kier molecular flexibility index (Phi) is 31.0. The van der Waals surface area contributed by atoms with E-state index >= 15 is 0 Å². The lowest BCUT2D eigenvalue weighted by Crippen LogP contribution is -2.45. The number of ether oxygens (including phenoxy) is 1. The molecule has 0 radical (unpaired) electrons. The second kappa shape index (κ2) is 26.2. The number of hydrogen-bond donors (Lipinski definition) is 3. The Balaban J connectivity index is -0.000000148.